The first-order valence-electron chi connectivity index (χ1n) is 9.73. The van der Waals surface area contributed by atoms with Crippen LogP contribution in [0.2, 0.25) is 0 Å². The summed E-state index contributed by atoms with van der Waals surface area (Å²) < 4.78 is 10.7. The molecule has 0 aliphatic carbocycles. The number of nitrogens with zero attached hydrogens (tertiary/aromatic N) is 1. The lowest BCUT2D eigenvalue weighted by Gasteiger charge is -2.04. The molecular weight excluding hydrogens is 412 g/mol. The molecule has 4 rings (SSSR count). The van der Waals surface area contributed by atoms with Gasteiger partial charge in [0, 0.05) is 17.5 Å². The van der Waals surface area contributed by atoms with Crippen LogP contribution in [0, 0.1) is 0 Å². The summed E-state index contributed by atoms with van der Waals surface area (Å²) in [6.45, 7) is 0.484. The maximum atomic E-state index is 12.5. The molecule has 156 valence electrons. The maximum absolute atomic E-state index is 12.5. The Hall–Kier alpha value is -3.71. The van der Waals surface area contributed by atoms with Crippen LogP contribution >= 0.6 is 11.3 Å². The van der Waals surface area contributed by atoms with E-state index in [1.54, 1.807) is 11.4 Å². The predicted molar refractivity (Wildman–Crippen MR) is 117 cm³/mol. The molecular formula is C24H20N2O4S. The van der Waals surface area contributed by atoms with E-state index in [0.717, 1.165) is 11.1 Å². The summed E-state index contributed by atoms with van der Waals surface area (Å²) >= 11 is 1.36. The SMILES string of the molecule is O=C(Cc1nc(COC(=O)c2occc2-c2ccccc2)cs1)NCc1ccccc1. The molecule has 31 heavy (non-hydrogen) atoms. The van der Waals surface area contributed by atoms with Gasteiger partial charge in [0.1, 0.15) is 11.6 Å². The van der Waals surface area contributed by atoms with Crippen molar-refractivity contribution in [3.05, 3.63) is 100 Å². The van der Waals surface area contributed by atoms with Crippen LogP contribution in [0.15, 0.2) is 82.8 Å². The van der Waals surface area contributed by atoms with E-state index < -0.39 is 5.97 Å². The van der Waals surface area contributed by atoms with Crippen molar-refractivity contribution in [1.82, 2.24) is 10.3 Å². The fourth-order valence-corrected chi connectivity index (χ4v) is 3.79. The van der Waals surface area contributed by atoms with E-state index in [1.807, 2.05) is 60.7 Å². The number of carbonyl (C=O) groups excluding carboxylic acids is 2. The number of ether oxygens (including phenoxy) is 1. The van der Waals surface area contributed by atoms with Crippen LogP contribution in [0.3, 0.4) is 0 Å². The lowest BCUT2D eigenvalue weighted by molar-refractivity contribution is -0.120. The molecule has 0 fully saturated rings. The Morgan fingerprint density at radius 1 is 1.00 bits per heavy atom. The van der Waals surface area contributed by atoms with Crippen LogP contribution in [0.4, 0.5) is 0 Å². The van der Waals surface area contributed by atoms with Crippen molar-refractivity contribution in [1.29, 1.82) is 0 Å². The third kappa shape index (κ3) is 5.46. The molecule has 0 bridgehead atoms. The summed E-state index contributed by atoms with van der Waals surface area (Å²) in [5.41, 5.74) is 3.19. The van der Waals surface area contributed by atoms with Crippen LogP contribution < -0.4 is 5.32 Å². The van der Waals surface area contributed by atoms with Gasteiger partial charge in [0.05, 0.1) is 18.4 Å². The highest BCUT2D eigenvalue weighted by molar-refractivity contribution is 7.09. The number of nitrogens with one attached hydrogen (secondary N) is 1. The van der Waals surface area contributed by atoms with Gasteiger partial charge < -0.3 is 14.5 Å². The summed E-state index contributed by atoms with van der Waals surface area (Å²) in [4.78, 5) is 29.0. The van der Waals surface area contributed by atoms with Gasteiger partial charge in [-0.15, -0.1) is 11.3 Å². The Morgan fingerprint density at radius 2 is 1.74 bits per heavy atom. The zero-order valence-corrected chi connectivity index (χ0v) is 17.4. The predicted octanol–water partition coefficient (Wildman–Crippen LogP) is 4.62. The minimum atomic E-state index is -0.556. The Bertz CT molecular complexity index is 1150. The van der Waals surface area contributed by atoms with E-state index in [-0.39, 0.29) is 24.7 Å². The number of hydrogen-bond acceptors (Lipinski definition) is 6. The van der Waals surface area contributed by atoms with E-state index >= 15 is 0 Å². The Labute approximate surface area is 183 Å². The van der Waals surface area contributed by atoms with Crippen molar-refractivity contribution in [2.24, 2.45) is 0 Å². The largest absolute Gasteiger partial charge is 0.457 e. The van der Waals surface area contributed by atoms with E-state index in [1.165, 1.54) is 17.6 Å². The topological polar surface area (TPSA) is 81.4 Å². The molecule has 1 amide bonds. The molecule has 0 spiro atoms. The normalized spacial score (nSPS) is 10.6. The van der Waals surface area contributed by atoms with Crippen molar-refractivity contribution in [3.63, 3.8) is 0 Å². The first-order valence-corrected chi connectivity index (χ1v) is 10.6. The molecule has 0 saturated carbocycles. The fraction of sp³-hybridized carbons (Fsp3) is 0.125. The number of benzene rings is 2. The van der Waals surface area contributed by atoms with Gasteiger partial charge in [-0.2, -0.15) is 0 Å². The van der Waals surface area contributed by atoms with Crippen LogP contribution in [0.25, 0.3) is 11.1 Å². The van der Waals surface area contributed by atoms with Crippen molar-refractivity contribution in [2.75, 3.05) is 0 Å². The summed E-state index contributed by atoms with van der Waals surface area (Å²) in [6.07, 6.45) is 1.65. The van der Waals surface area contributed by atoms with Crippen molar-refractivity contribution in [2.45, 2.75) is 19.6 Å². The molecule has 0 atom stereocenters. The monoisotopic (exact) mass is 432 g/mol. The molecule has 2 heterocycles. The van der Waals surface area contributed by atoms with E-state index in [0.29, 0.717) is 22.8 Å². The number of carbonyl (C=O) groups is 2. The average molecular weight is 433 g/mol. The highest BCUT2D eigenvalue weighted by atomic mass is 32.1. The summed E-state index contributed by atoms with van der Waals surface area (Å²) in [5, 5.41) is 5.33. The highest BCUT2D eigenvalue weighted by Crippen LogP contribution is 2.25. The van der Waals surface area contributed by atoms with Gasteiger partial charge in [-0.05, 0) is 17.2 Å². The molecule has 7 heteroatoms. The fourth-order valence-electron chi connectivity index (χ4n) is 3.01. The molecule has 0 aliphatic rings. The number of amides is 1. The molecule has 4 aromatic rings. The molecule has 2 aromatic carbocycles. The number of esters is 1. The molecule has 6 nitrogen and oxygen atoms in total. The van der Waals surface area contributed by atoms with Crippen LogP contribution in [0.1, 0.15) is 26.8 Å². The first kappa shape index (κ1) is 20.6. The summed E-state index contributed by atoms with van der Waals surface area (Å²) in [7, 11) is 0. The second kappa shape index (κ2) is 9.86. The van der Waals surface area contributed by atoms with Crippen LogP contribution in [-0.2, 0) is 29.1 Å². The van der Waals surface area contributed by atoms with E-state index in [2.05, 4.69) is 10.3 Å². The summed E-state index contributed by atoms with van der Waals surface area (Å²) in [5.74, 6) is -0.509. The second-order valence-electron chi connectivity index (χ2n) is 6.78. The van der Waals surface area contributed by atoms with Gasteiger partial charge in [0.2, 0.25) is 11.7 Å². The Balaban J connectivity index is 1.29. The third-order valence-corrected chi connectivity index (χ3v) is 5.43. The number of rotatable bonds is 8. The smallest absolute Gasteiger partial charge is 0.375 e. The molecule has 2 aromatic heterocycles. The second-order valence-corrected chi connectivity index (χ2v) is 7.72. The van der Waals surface area contributed by atoms with Gasteiger partial charge in [-0.1, -0.05) is 60.7 Å². The van der Waals surface area contributed by atoms with Crippen molar-refractivity contribution < 1.29 is 18.7 Å². The van der Waals surface area contributed by atoms with Crippen molar-refractivity contribution in [3.8, 4) is 11.1 Å². The highest BCUT2D eigenvalue weighted by Gasteiger charge is 2.19. The zero-order valence-electron chi connectivity index (χ0n) is 16.6. The third-order valence-electron chi connectivity index (χ3n) is 4.53. The van der Waals surface area contributed by atoms with E-state index in [4.69, 9.17) is 9.15 Å². The lowest BCUT2D eigenvalue weighted by atomic mass is 10.1. The summed E-state index contributed by atoms with van der Waals surface area (Å²) in [6, 6.07) is 20.9. The molecule has 0 aliphatic heterocycles. The zero-order chi connectivity index (χ0) is 21.5. The van der Waals surface area contributed by atoms with E-state index in [9.17, 15) is 9.59 Å². The average Bonchev–Trinajstić information content (AvgIpc) is 3.47. The lowest BCUT2D eigenvalue weighted by Crippen LogP contribution is -2.24. The van der Waals surface area contributed by atoms with Gasteiger partial charge in [-0.25, -0.2) is 9.78 Å². The Kier molecular flexibility index (Phi) is 6.54. The standard InChI is InChI=1S/C24H20N2O4S/c27-21(25-14-17-7-3-1-4-8-17)13-22-26-19(16-31-22)15-30-24(28)23-20(11-12-29-23)18-9-5-2-6-10-18/h1-12,16H,13-15H2,(H,25,27). The van der Waals surface area contributed by atoms with Crippen LogP contribution in [-0.4, -0.2) is 16.9 Å². The van der Waals surface area contributed by atoms with Gasteiger partial charge in [-0.3, -0.25) is 4.79 Å². The van der Waals surface area contributed by atoms with Gasteiger partial charge in [0.25, 0.3) is 0 Å². The minimum Gasteiger partial charge on any atom is -0.457 e. The maximum Gasteiger partial charge on any atom is 0.375 e. The number of hydrogen-bond donors (Lipinski definition) is 1. The Morgan fingerprint density at radius 3 is 2.52 bits per heavy atom. The van der Waals surface area contributed by atoms with Crippen LogP contribution in [0.5, 0.6) is 0 Å². The number of aromatic nitrogens is 1. The van der Waals surface area contributed by atoms with Gasteiger partial charge >= 0.3 is 5.97 Å². The molecule has 0 saturated heterocycles. The molecule has 0 unspecified atom stereocenters. The van der Waals surface area contributed by atoms with Gasteiger partial charge in [0.15, 0.2) is 0 Å². The number of furan rings is 1. The minimum absolute atomic E-state index is 0.00982. The van der Waals surface area contributed by atoms with Crippen molar-refractivity contribution >= 4 is 23.2 Å². The number of thiazole rings is 1. The molecule has 1 N–H and O–H groups in total. The quantitative estimate of drug-likeness (QED) is 0.411. The molecule has 0 radical (unpaired) electrons. The first-order chi connectivity index (χ1) is 15.2.